The second-order valence-electron chi connectivity index (χ2n) is 9.86. The summed E-state index contributed by atoms with van der Waals surface area (Å²) in [6, 6.07) is 8.81. The third kappa shape index (κ3) is 5.89. The topological polar surface area (TPSA) is 131 Å². The van der Waals surface area contributed by atoms with Crippen LogP contribution in [0.1, 0.15) is 52.7 Å². The van der Waals surface area contributed by atoms with E-state index in [-0.39, 0.29) is 42.0 Å². The number of carbonyl (C=O) groups is 3. The monoisotopic (exact) mass is 596 g/mol. The highest BCUT2D eigenvalue weighted by Crippen LogP contribution is 2.31. The average Bonchev–Trinajstić information content (AvgIpc) is 3.60. The standard InChI is InChI=1S/C29H27ClF2N6O4/c1-15-18(13-34-38(15)24-8-3-5-19(30)26(24)32)28(40)36-21-7-4-6-20(31)29(41)37-22-11-16(12-25(39)42-2)9-10-17(22)23-14-33-27(21)35-23/h3,5,8-11,13-14,20-21H,4,6-7,12H2,1-2H3,(H,33,35)(H,36,40)(H,37,41)/t20?,21-/m0/s1. The molecule has 0 spiro atoms. The molecule has 42 heavy (non-hydrogen) atoms. The lowest BCUT2D eigenvalue weighted by molar-refractivity contribution is -0.139. The van der Waals surface area contributed by atoms with Crippen molar-refractivity contribution in [3.63, 3.8) is 0 Å². The van der Waals surface area contributed by atoms with Gasteiger partial charge in [0, 0.05) is 5.56 Å². The van der Waals surface area contributed by atoms with Crippen molar-refractivity contribution in [2.75, 3.05) is 12.4 Å². The number of esters is 1. The molecule has 3 heterocycles. The van der Waals surface area contributed by atoms with E-state index in [4.69, 9.17) is 16.3 Å². The molecule has 2 atom stereocenters. The molecule has 0 fully saturated rings. The lowest BCUT2D eigenvalue weighted by Gasteiger charge is -2.19. The lowest BCUT2D eigenvalue weighted by atomic mass is 10.0. The maximum Gasteiger partial charge on any atom is 0.309 e. The van der Waals surface area contributed by atoms with Crippen LogP contribution in [0.4, 0.5) is 14.5 Å². The first-order valence-corrected chi connectivity index (χ1v) is 13.5. The minimum atomic E-state index is -1.80. The van der Waals surface area contributed by atoms with Gasteiger partial charge in [-0.1, -0.05) is 29.8 Å². The van der Waals surface area contributed by atoms with Crippen LogP contribution in [-0.2, 0) is 20.7 Å². The highest BCUT2D eigenvalue weighted by Gasteiger charge is 2.26. The van der Waals surface area contributed by atoms with Crippen LogP contribution >= 0.6 is 11.6 Å². The minimum absolute atomic E-state index is 0.0268. The number of aromatic amines is 1. The largest absolute Gasteiger partial charge is 0.469 e. The van der Waals surface area contributed by atoms with E-state index < -0.39 is 35.8 Å². The number of imidazole rings is 1. The fraction of sp³-hybridized carbons (Fsp3) is 0.276. The molecule has 13 heteroatoms. The summed E-state index contributed by atoms with van der Waals surface area (Å²) in [5, 5.41) is 9.66. The number of nitrogens with one attached hydrogen (secondary N) is 3. The van der Waals surface area contributed by atoms with Crippen molar-refractivity contribution < 1.29 is 27.9 Å². The number of ether oxygens (including phenoxy) is 1. The first-order valence-electron chi connectivity index (χ1n) is 13.2. The number of benzene rings is 2. The number of hydrogen-bond donors (Lipinski definition) is 3. The van der Waals surface area contributed by atoms with E-state index in [0.29, 0.717) is 34.0 Å². The molecule has 10 nitrogen and oxygen atoms in total. The molecule has 2 aromatic heterocycles. The fourth-order valence-electron chi connectivity index (χ4n) is 4.82. The zero-order valence-electron chi connectivity index (χ0n) is 22.7. The molecule has 3 N–H and O–H groups in total. The van der Waals surface area contributed by atoms with Crippen LogP contribution in [0.3, 0.4) is 0 Å². The number of rotatable bonds is 5. The van der Waals surface area contributed by atoms with Gasteiger partial charge in [0.2, 0.25) is 0 Å². The maximum atomic E-state index is 14.9. The number of H-pyrrole nitrogens is 1. The van der Waals surface area contributed by atoms with Crippen LogP contribution in [0.2, 0.25) is 5.02 Å². The predicted molar refractivity (Wildman–Crippen MR) is 151 cm³/mol. The summed E-state index contributed by atoms with van der Waals surface area (Å²) in [6.45, 7) is 1.63. The minimum Gasteiger partial charge on any atom is -0.469 e. The van der Waals surface area contributed by atoms with Crippen LogP contribution in [0, 0.1) is 12.7 Å². The zero-order chi connectivity index (χ0) is 30.0. The van der Waals surface area contributed by atoms with Crippen LogP contribution < -0.4 is 10.6 Å². The second-order valence-corrected chi connectivity index (χ2v) is 10.3. The van der Waals surface area contributed by atoms with E-state index in [1.165, 1.54) is 30.1 Å². The van der Waals surface area contributed by atoms with Gasteiger partial charge in [0.25, 0.3) is 11.8 Å². The van der Waals surface area contributed by atoms with Gasteiger partial charge in [-0.05, 0) is 49.9 Å². The van der Waals surface area contributed by atoms with Crippen molar-refractivity contribution in [1.29, 1.82) is 0 Å². The molecular formula is C29H27ClF2N6O4. The Morgan fingerprint density at radius 2 is 2.02 bits per heavy atom. The van der Waals surface area contributed by atoms with Crippen molar-refractivity contribution in [1.82, 2.24) is 25.1 Å². The SMILES string of the molecule is COC(=O)Cc1ccc2c(c1)NC(=O)C(F)CCC[C@H](NC(=O)c1cnn(-c3cccc(Cl)c3F)c1C)c1ncc-2[nH]1. The van der Waals surface area contributed by atoms with Crippen molar-refractivity contribution in [3.05, 3.63) is 82.3 Å². The number of alkyl halides is 1. The van der Waals surface area contributed by atoms with Gasteiger partial charge in [-0.15, -0.1) is 0 Å². The van der Waals surface area contributed by atoms with E-state index in [1.54, 1.807) is 37.4 Å². The Balaban J connectivity index is 1.45. The molecule has 5 rings (SSSR count). The number of methoxy groups -OCH3 is 1. The summed E-state index contributed by atoms with van der Waals surface area (Å²) in [5.74, 6) is -2.00. The Hall–Kier alpha value is -4.58. The van der Waals surface area contributed by atoms with Crippen LogP contribution in [-0.4, -0.2) is 50.8 Å². The summed E-state index contributed by atoms with van der Waals surface area (Å²) in [6.07, 6.45) is 1.51. The number of nitrogens with zero attached hydrogens (tertiary/aromatic N) is 3. The van der Waals surface area contributed by atoms with E-state index in [1.807, 2.05) is 0 Å². The average molecular weight is 597 g/mol. The Morgan fingerprint density at radius 1 is 1.21 bits per heavy atom. The van der Waals surface area contributed by atoms with Gasteiger partial charge in [-0.25, -0.2) is 18.4 Å². The summed E-state index contributed by atoms with van der Waals surface area (Å²) < 4.78 is 35.5. The molecule has 4 aromatic rings. The molecule has 2 bridgehead atoms. The van der Waals surface area contributed by atoms with Crippen molar-refractivity contribution >= 4 is 35.1 Å². The maximum absolute atomic E-state index is 14.9. The van der Waals surface area contributed by atoms with Gasteiger partial charge in [-0.3, -0.25) is 14.4 Å². The normalized spacial score (nSPS) is 16.9. The van der Waals surface area contributed by atoms with E-state index in [9.17, 15) is 23.2 Å². The molecule has 0 aliphatic carbocycles. The number of fused-ring (bicyclic) bond motifs is 4. The van der Waals surface area contributed by atoms with Gasteiger partial charge in [0.1, 0.15) is 11.5 Å². The number of anilines is 1. The van der Waals surface area contributed by atoms with Crippen molar-refractivity contribution in [2.24, 2.45) is 0 Å². The Labute approximate surface area is 244 Å². The van der Waals surface area contributed by atoms with Gasteiger partial charge < -0.3 is 20.4 Å². The van der Waals surface area contributed by atoms with Gasteiger partial charge >= 0.3 is 5.97 Å². The number of amides is 2. The van der Waals surface area contributed by atoms with Crippen LogP contribution in [0.5, 0.6) is 0 Å². The summed E-state index contributed by atoms with van der Waals surface area (Å²) in [4.78, 5) is 45.5. The van der Waals surface area contributed by atoms with E-state index in [2.05, 4.69) is 25.7 Å². The van der Waals surface area contributed by atoms with Gasteiger partial charge in [0.05, 0.1) is 59.6 Å². The van der Waals surface area contributed by atoms with Crippen LogP contribution in [0.25, 0.3) is 16.9 Å². The molecular weight excluding hydrogens is 570 g/mol. The zero-order valence-corrected chi connectivity index (χ0v) is 23.5. The number of hydrogen-bond acceptors (Lipinski definition) is 6. The van der Waals surface area contributed by atoms with Crippen molar-refractivity contribution in [2.45, 2.75) is 44.8 Å². The van der Waals surface area contributed by atoms with E-state index in [0.717, 1.165) is 0 Å². The highest BCUT2D eigenvalue weighted by molar-refractivity contribution is 6.30. The molecule has 0 saturated carbocycles. The molecule has 1 aliphatic rings. The summed E-state index contributed by atoms with van der Waals surface area (Å²) in [5.41, 5.74) is 2.60. The molecule has 1 aliphatic heterocycles. The molecule has 218 valence electrons. The van der Waals surface area contributed by atoms with Gasteiger partial charge in [-0.2, -0.15) is 5.10 Å². The van der Waals surface area contributed by atoms with E-state index >= 15 is 0 Å². The third-order valence-electron chi connectivity index (χ3n) is 7.09. The quantitative estimate of drug-likeness (QED) is 0.278. The number of halogens is 3. The Bertz CT molecular complexity index is 1670. The summed E-state index contributed by atoms with van der Waals surface area (Å²) >= 11 is 5.92. The Morgan fingerprint density at radius 3 is 2.81 bits per heavy atom. The van der Waals surface area contributed by atoms with Crippen molar-refractivity contribution in [3.8, 4) is 16.9 Å². The molecule has 2 aromatic carbocycles. The molecule has 0 radical (unpaired) electrons. The second kappa shape index (κ2) is 12.1. The van der Waals surface area contributed by atoms with Crippen LogP contribution in [0.15, 0.2) is 48.8 Å². The highest BCUT2D eigenvalue weighted by atomic mass is 35.5. The number of carbonyl (C=O) groups excluding carboxylic acids is 3. The fourth-order valence-corrected chi connectivity index (χ4v) is 4.99. The Kier molecular flexibility index (Phi) is 8.34. The molecule has 1 unspecified atom stereocenters. The molecule has 2 amide bonds. The molecule has 0 saturated heterocycles. The first-order chi connectivity index (χ1) is 20.2. The number of aromatic nitrogens is 4. The first kappa shape index (κ1) is 28.9. The summed E-state index contributed by atoms with van der Waals surface area (Å²) in [7, 11) is 1.28. The predicted octanol–water partition coefficient (Wildman–Crippen LogP) is 5.01. The van der Waals surface area contributed by atoms with Gasteiger partial charge in [0.15, 0.2) is 12.0 Å². The third-order valence-corrected chi connectivity index (χ3v) is 7.38. The smallest absolute Gasteiger partial charge is 0.309 e. The lowest BCUT2D eigenvalue weighted by Crippen LogP contribution is -2.30.